The van der Waals surface area contributed by atoms with Crippen molar-refractivity contribution in [3.63, 3.8) is 0 Å². The van der Waals surface area contributed by atoms with Crippen molar-refractivity contribution in [2.75, 3.05) is 0 Å². The molecule has 0 bridgehead atoms. The topological polar surface area (TPSA) is 37.3 Å². The first kappa shape index (κ1) is 16.9. The van der Waals surface area contributed by atoms with Gasteiger partial charge < -0.3 is 5.11 Å². The van der Waals surface area contributed by atoms with Gasteiger partial charge in [0, 0.05) is 6.42 Å². The van der Waals surface area contributed by atoms with Crippen molar-refractivity contribution in [2.45, 2.75) is 64.7 Å². The molecule has 0 aromatic rings. The summed E-state index contributed by atoms with van der Waals surface area (Å²) in [6.07, 6.45) is 10.1. The van der Waals surface area contributed by atoms with E-state index in [1.165, 1.54) is 38.5 Å². The van der Waals surface area contributed by atoms with E-state index in [9.17, 15) is 4.79 Å². The van der Waals surface area contributed by atoms with Gasteiger partial charge in [0.05, 0.1) is 0 Å². The molecule has 0 heterocycles. The Morgan fingerprint density at radius 3 is 1.79 bits per heavy atom. The molecule has 0 aliphatic carbocycles. The summed E-state index contributed by atoms with van der Waals surface area (Å²) in [4.78, 5) is 10.2. The van der Waals surface area contributed by atoms with Crippen molar-refractivity contribution < 1.29 is 9.90 Å². The number of hydrogen-bond donors (Lipinski definition) is 1. The zero-order valence-electron chi connectivity index (χ0n) is 8.72. The molecule has 0 fully saturated rings. The molecule has 0 unspecified atom stereocenters. The van der Waals surface area contributed by atoms with Crippen LogP contribution in [0.2, 0.25) is 0 Å². The number of carboxylic acids is 1. The number of aliphatic carboxylic acids is 1. The number of unbranched alkanes of at least 4 members (excludes halogenated alkanes) is 7. The van der Waals surface area contributed by atoms with Gasteiger partial charge >= 0.3 is 35.5 Å². The third-order valence-electron chi connectivity index (χ3n) is 2.24. The molecule has 0 atom stereocenters. The molecule has 0 rings (SSSR count). The van der Waals surface area contributed by atoms with Crippen molar-refractivity contribution in [1.82, 2.24) is 0 Å². The van der Waals surface area contributed by atoms with Crippen LogP contribution in [-0.4, -0.2) is 40.6 Å². The van der Waals surface area contributed by atoms with Gasteiger partial charge in [-0.15, -0.1) is 0 Å². The third-order valence-corrected chi connectivity index (χ3v) is 2.24. The molecule has 14 heavy (non-hydrogen) atoms. The van der Waals surface area contributed by atoms with Gasteiger partial charge in [-0.25, -0.2) is 0 Å². The monoisotopic (exact) mass is 210 g/mol. The summed E-state index contributed by atoms with van der Waals surface area (Å²) in [5, 5.41) is 8.39. The number of carbonyl (C=O) groups is 1. The molecule has 0 aliphatic rings. The number of rotatable bonds is 9. The average Bonchev–Trinajstić information content (AvgIpc) is 2.09. The zero-order chi connectivity index (χ0) is 9.94. The Morgan fingerprint density at radius 2 is 1.36 bits per heavy atom. The van der Waals surface area contributed by atoms with E-state index in [4.69, 9.17) is 5.11 Å². The maximum absolute atomic E-state index is 10.2. The Bertz CT molecular complexity index is 126. The summed E-state index contributed by atoms with van der Waals surface area (Å²) in [6, 6.07) is 0. The molecule has 0 amide bonds. The average molecular weight is 210 g/mol. The SMILES string of the molecule is CCCCCCCCCCC(=O)O.[NaH]. The molecule has 2 nitrogen and oxygen atoms in total. The Hall–Kier alpha value is 0.470. The van der Waals surface area contributed by atoms with Crippen LogP contribution in [0.15, 0.2) is 0 Å². The van der Waals surface area contributed by atoms with Gasteiger partial charge in [0.1, 0.15) is 0 Å². The molecule has 0 saturated carbocycles. The molecular formula is C11H23NaO2. The second kappa shape index (κ2) is 13.5. The van der Waals surface area contributed by atoms with Gasteiger partial charge in [-0.1, -0.05) is 51.9 Å². The molecule has 80 valence electrons. The first-order valence-electron chi connectivity index (χ1n) is 5.49. The number of carboxylic acid groups (broad SMARTS) is 1. The summed E-state index contributed by atoms with van der Waals surface area (Å²) >= 11 is 0. The van der Waals surface area contributed by atoms with E-state index in [2.05, 4.69) is 6.92 Å². The van der Waals surface area contributed by atoms with Crippen LogP contribution in [0.5, 0.6) is 0 Å². The Kier molecular flexibility index (Phi) is 16.2. The summed E-state index contributed by atoms with van der Waals surface area (Å²) in [6.45, 7) is 2.22. The van der Waals surface area contributed by atoms with E-state index in [1.54, 1.807) is 0 Å². The van der Waals surface area contributed by atoms with Crippen molar-refractivity contribution in [2.24, 2.45) is 0 Å². The minimum atomic E-state index is -0.661. The summed E-state index contributed by atoms with van der Waals surface area (Å²) in [5.74, 6) is -0.661. The zero-order valence-corrected chi connectivity index (χ0v) is 8.72. The van der Waals surface area contributed by atoms with Gasteiger partial charge in [-0.2, -0.15) is 0 Å². The van der Waals surface area contributed by atoms with Crippen molar-refractivity contribution in [1.29, 1.82) is 0 Å². The molecule has 0 saturated heterocycles. The third kappa shape index (κ3) is 15.0. The molecule has 3 heteroatoms. The first-order valence-corrected chi connectivity index (χ1v) is 5.49. The predicted molar refractivity (Wildman–Crippen MR) is 62.0 cm³/mol. The normalized spacial score (nSPS) is 9.50. The van der Waals surface area contributed by atoms with Gasteiger partial charge in [0.2, 0.25) is 0 Å². The van der Waals surface area contributed by atoms with Crippen LogP contribution in [0.25, 0.3) is 0 Å². The van der Waals surface area contributed by atoms with Crippen molar-refractivity contribution in [3.05, 3.63) is 0 Å². The predicted octanol–water partition coefficient (Wildman–Crippen LogP) is 2.95. The van der Waals surface area contributed by atoms with Gasteiger partial charge in [-0.3, -0.25) is 4.79 Å². The van der Waals surface area contributed by atoms with Crippen LogP contribution in [0, 0.1) is 0 Å². The van der Waals surface area contributed by atoms with E-state index >= 15 is 0 Å². The first-order chi connectivity index (χ1) is 6.27. The van der Waals surface area contributed by atoms with Crippen LogP contribution in [0.4, 0.5) is 0 Å². The molecule has 1 N–H and O–H groups in total. The van der Waals surface area contributed by atoms with Crippen molar-refractivity contribution in [3.8, 4) is 0 Å². The minimum absolute atomic E-state index is 0. The van der Waals surface area contributed by atoms with Gasteiger partial charge in [0.25, 0.3) is 0 Å². The quantitative estimate of drug-likeness (QED) is 0.469. The molecule has 0 aromatic carbocycles. The number of hydrogen-bond acceptors (Lipinski definition) is 1. The molecular weight excluding hydrogens is 187 g/mol. The second-order valence-electron chi connectivity index (χ2n) is 3.62. The Balaban J connectivity index is 0. The van der Waals surface area contributed by atoms with Crippen molar-refractivity contribution >= 4 is 35.5 Å². The van der Waals surface area contributed by atoms with Crippen LogP contribution in [0.3, 0.4) is 0 Å². The summed E-state index contributed by atoms with van der Waals surface area (Å²) < 4.78 is 0. The summed E-state index contributed by atoms with van der Waals surface area (Å²) in [5.41, 5.74) is 0. The van der Waals surface area contributed by atoms with Gasteiger partial charge in [-0.05, 0) is 6.42 Å². The molecule has 0 aliphatic heterocycles. The van der Waals surface area contributed by atoms with Crippen LogP contribution in [-0.2, 0) is 4.79 Å². The summed E-state index contributed by atoms with van der Waals surface area (Å²) in [7, 11) is 0. The van der Waals surface area contributed by atoms with E-state index in [1.807, 2.05) is 0 Å². The molecule has 0 radical (unpaired) electrons. The van der Waals surface area contributed by atoms with E-state index in [0.717, 1.165) is 12.8 Å². The van der Waals surface area contributed by atoms with E-state index in [-0.39, 0.29) is 29.6 Å². The molecule has 0 aromatic heterocycles. The maximum atomic E-state index is 10.2. The van der Waals surface area contributed by atoms with Crippen LogP contribution in [0.1, 0.15) is 64.7 Å². The fourth-order valence-corrected chi connectivity index (χ4v) is 1.41. The van der Waals surface area contributed by atoms with Crippen LogP contribution >= 0.6 is 0 Å². The second-order valence-corrected chi connectivity index (χ2v) is 3.62. The molecule has 0 spiro atoms. The van der Waals surface area contributed by atoms with E-state index < -0.39 is 5.97 Å². The Morgan fingerprint density at radius 1 is 0.929 bits per heavy atom. The van der Waals surface area contributed by atoms with E-state index in [0.29, 0.717) is 6.42 Å². The van der Waals surface area contributed by atoms with Gasteiger partial charge in [0.15, 0.2) is 0 Å². The Labute approximate surface area is 110 Å². The van der Waals surface area contributed by atoms with Crippen LogP contribution < -0.4 is 0 Å². The fourth-order valence-electron chi connectivity index (χ4n) is 1.41. The standard InChI is InChI=1S/C11H22O2.Na.H/c1-2-3-4-5-6-7-8-9-10-11(12)13;;/h2-10H2,1H3,(H,12,13);;. The fraction of sp³-hybridized carbons (Fsp3) is 0.909.